The molecule has 0 radical (unpaired) electrons. The first-order valence-corrected chi connectivity index (χ1v) is 6.81. The average Bonchev–Trinajstić information content (AvgIpc) is 2.52. The second kappa shape index (κ2) is 6.84. The van der Waals surface area contributed by atoms with Crippen LogP contribution in [0.5, 0.6) is 0 Å². The fourth-order valence-electron chi connectivity index (χ4n) is 2.42. The van der Waals surface area contributed by atoms with Crippen LogP contribution in [0, 0.1) is 23.1 Å². The van der Waals surface area contributed by atoms with E-state index in [0.29, 0.717) is 25.1 Å². The van der Waals surface area contributed by atoms with Gasteiger partial charge in [0.15, 0.2) is 0 Å². The van der Waals surface area contributed by atoms with Gasteiger partial charge in [-0.1, -0.05) is 0 Å². The van der Waals surface area contributed by atoms with Crippen molar-refractivity contribution in [3.8, 4) is 6.07 Å². The van der Waals surface area contributed by atoms with Gasteiger partial charge in [-0.2, -0.15) is 5.26 Å². The highest BCUT2D eigenvalue weighted by atomic mass is 19.1. The molecule has 1 fully saturated rings. The van der Waals surface area contributed by atoms with Gasteiger partial charge in [0.1, 0.15) is 12.4 Å². The molecule has 1 saturated heterocycles. The van der Waals surface area contributed by atoms with Crippen molar-refractivity contribution in [2.24, 2.45) is 5.92 Å². The Morgan fingerprint density at radius 2 is 2.10 bits per heavy atom. The number of piperidine rings is 1. The zero-order chi connectivity index (χ0) is 15.2. The lowest BCUT2D eigenvalue weighted by Gasteiger charge is -2.32. The summed E-state index contributed by atoms with van der Waals surface area (Å²) in [6, 6.07) is 7.23. The van der Waals surface area contributed by atoms with Gasteiger partial charge in [-0.05, 0) is 37.1 Å². The molecule has 2 amide bonds. The van der Waals surface area contributed by atoms with Crippen molar-refractivity contribution in [1.82, 2.24) is 10.2 Å². The summed E-state index contributed by atoms with van der Waals surface area (Å²) in [6.07, 6.45) is 1.43. The van der Waals surface area contributed by atoms with Crippen LogP contribution in [-0.2, 0) is 4.79 Å². The third kappa shape index (κ3) is 3.78. The fraction of sp³-hybridized carbons (Fsp3) is 0.400. The maximum atomic E-state index is 12.9. The van der Waals surface area contributed by atoms with Gasteiger partial charge in [-0.3, -0.25) is 9.59 Å². The summed E-state index contributed by atoms with van der Waals surface area (Å²) in [6.45, 7) is 0.882. The van der Waals surface area contributed by atoms with Gasteiger partial charge >= 0.3 is 0 Å². The first-order valence-electron chi connectivity index (χ1n) is 6.81. The van der Waals surface area contributed by atoms with E-state index in [1.807, 2.05) is 6.07 Å². The third-order valence-electron chi connectivity index (χ3n) is 3.51. The molecular weight excluding hydrogens is 273 g/mol. The topological polar surface area (TPSA) is 73.2 Å². The number of halogens is 1. The van der Waals surface area contributed by atoms with Crippen LogP contribution in [-0.4, -0.2) is 36.3 Å². The Morgan fingerprint density at radius 3 is 2.76 bits per heavy atom. The van der Waals surface area contributed by atoms with Crippen LogP contribution in [0.15, 0.2) is 24.3 Å². The molecule has 1 unspecified atom stereocenters. The molecule has 1 aliphatic heterocycles. The number of rotatable bonds is 3. The number of nitriles is 1. The van der Waals surface area contributed by atoms with E-state index in [0.717, 1.165) is 6.42 Å². The summed E-state index contributed by atoms with van der Waals surface area (Å²) in [5.74, 6) is -1.09. The van der Waals surface area contributed by atoms with Gasteiger partial charge in [0, 0.05) is 18.7 Å². The number of benzene rings is 1. The minimum absolute atomic E-state index is 0.0265. The van der Waals surface area contributed by atoms with Crippen LogP contribution < -0.4 is 5.32 Å². The molecule has 21 heavy (non-hydrogen) atoms. The standard InChI is InChI=1S/C15H16FN3O2/c16-13-5-3-11(4-6-13)15(21)19-9-1-2-12(10-19)14(20)18-8-7-17/h3-6,12H,1-2,8-10H2,(H,18,20). The maximum Gasteiger partial charge on any atom is 0.253 e. The molecule has 110 valence electrons. The van der Waals surface area contributed by atoms with Crippen LogP contribution in [0.1, 0.15) is 23.2 Å². The second-order valence-electron chi connectivity index (χ2n) is 4.97. The molecule has 0 aromatic heterocycles. The van der Waals surface area contributed by atoms with Crippen molar-refractivity contribution in [3.63, 3.8) is 0 Å². The van der Waals surface area contributed by atoms with Crippen molar-refractivity contribution in [2.45, 2.75) is 12.8 Å². The van der Waals surface area contributed by atoms with Gasteiger partial charge < -0.3 is 10.2 Å². The number of nitrogens with one attached hydrogen (secondary N) is 1. The average molecular weight is 289 g/mol. The van der Waals surface area contributed by atoms with E-state index < -0.39 is 0 Å². The molecule has 0 spiro atoms. The molecule has 5 nitrogen and oxygen atoms in total. The lowest BCUT2D eigenvalue weighted by molar-refractivity contribution is -0.126. The van der Waals surface area contributed by atoms with Crippen LogP contribution >= 0.6 is 0 Å². The molecule has 1 aromatic rings. The van der Waals surface area contributed by atoms with E-state index in [1.165, 1.54) is 24.3 Å². The second-order valence-corrected chi connectivity index (χ2v) is 4.97. The number of likely N-dealkylation sites (tertiary alicyclic amines) is 1. The zero-order valence-corrected chi connectivity index (χ0v) is 11.5. The number of carbonyl (C=O) groups is 2. The van der Waals surface area contributed by atoms with Crippen molar-refractivity contribution < 1.29 is 14.0 Å². The smallest absolute Gasteiger partial charge is 0.253 e. The lowest BCUT2D eigenvalue weighted by atomic mass is 9.96. The Morgan fingerprint density at radius 1 is 1.38 bits per heavy atom. The van der Waals surface area contributed by atoms with Crippen molar-refractivity contribution in [1.29, 1.82) is 5.26 Å². The van der Waals surface area contributed by atoms with Gasteiger partial charge in [-0.25, -0.2) is 4.39 Å². The zero-order valence-electron chi connectivity index (χ0n) is 11.5. The Kier molecular flexibility index (Phi) is 4.88. The lowest BCUT2D eigenvalue weighted by Crippen LogP contribution is -2.45. The van der Waals surface area contributed by atoms with Crippen molar-refractivity contribution >= 4 is 11.8 Å². The number of hydrogen-bond donors (Lipinski definition) is 1. The Bertz CT molecular complexity index is 565. The summed E-state index contributed by atoms with van der Waals surface area (Å²) in [4.78, 5) is 25.8. The van der Waals surface area contributed by atoms with Crippen LogP contribution in [0.2, 0.25) is 0 Å². The minimum Gasteiger partial charge on any atom is -0.343 e. The van der Waals surface area contributed by atoms with Gasteiger partial charge in [0.25, 0.3) is 5.91 Å². The largest absolute Gasteiger partial charge is 0.343 e. The first-order chi connectivity index (χ1) is 10.1. The van der Waals surface area contributed by atoms with Crippen molar-refractivity contribution in [2.75, 3.05) is 19.6 Å². The summed E-state index contributed by atoms with van der Waals surface area (Å²) >= 11 is 0. The quantitative estimate of drug-likeness (QED) is 0.853. The third-order valence-corrected chi connectivity index (χ3v) is 3.51. The number of hydrogen-bond acceptors (Lipinski definition) is 3. The predicted octanol–water partition coefficient (Wildman–Crippen LogP) is 1.32. The molecule has 0 saturated carbocycles. The van der Waals surface area contributed by atoms with Crippen LogP contribution in [0.4, 0.5) is 4.39 Å². The fourth-order valence-corrected chi connectivity index (χ4v) is 2.42. The summed E-state index contributed by atoms with van der Waals surface area (Å²) in [7, 11) is 0. The van der Waals surface area contributed by atoms with Crippen LogP contribution in [0.3, 0.4) is 0 Å². The Balaban J connectivity index is 2.00. The summed E-state index contributed by atoms with van der Waals surface area (Å²) in [5, 5.41) is 11.0. The van der Waals surface area contributed by atoms with Gasteiger partial charge in [0.2, 0.25) is 5.91 Å². The number of carbonyl (C=O) groups excluding carboxylic acids is 2. The predicted molar refractivity (Wildman–Crippen MR) is 73.7 cm³/mol. The van der Waals surface area contributed by atoms with E-state index in [4.69, 9.17) is 5.26 Å². The molecule has 1 aliphatic rings. The molecule has 0 aliphatic carbocycles. The number of nitrogens with zero attached hydrogens (tertiary/aromatic N) is 2. The molecule has 1 atom stereocenters. The minimum atomic E-state index is -0.390. The maximum absolute atomic E-state index is 12.9. The monoisotopic (exact) mass is 289 g/mol. The highest BCUT2D eigenvalue weighted by Gasteiger charge is 2.28. The van der Waals surface area contributed by atoms with E-state index >= 15 is 0 Å². The Labute approximate surface area is 122 Å². The van der Waals surface area contributed by atoms with E-state index in [9.17, 15) is 14.0 Å². The highest BCUT2D eigenvalue weighted by molar-refractivity contribution is 5.94. The molecule has 1 heterocycles. The summed E-state index contributed by atoms with van der Waals surface area (Å²) < 4.78 is 12.9. The van der Waals surface area contributed by atoms with E-state index in [2.05, 4.69) is 5.32 Å². The number of amides is 2. The van der Waals surface area contributed by atoms with Gasteiger partial charge in [0.05, 0.1) is 12.0 Å². The molecule has 0 bridgehead atoms. The molecule has 2 rings (SSSR count). The van der Waals surface area contributed by atoms with Gasteiger partial charge in [-0.15, -0.1) is 0 Å². The summed E-state index contributed by atoms with van der Waals surface area (Å²) in [5.41, 5.74) is 0.412. The molecule has 6 heteroatoms. The SMILES string of the molecule is N#CCNC(=O)C1CCCN(C(=O)c2ccc(F)cc2)C1. The first kappa shape index (κ1) is 15.0. The van der Waals surface area contributed by atoms with E-state index in [1.54, 1.807) is 4.90 Å². The molecule has 1 N–H and O–H groups in total. The normalized spacial score (nSPS) is 17.9. The Hall–Kier alpha value is -2.42. The highest BCUT2D eigenvalue weighted by Crippen LogP contribution is 2.19. The van der Waals surface area contributed by atoms with Crippen LogP contribution in [0.25, 0.3) is 0 Å². The molecular formula is C15H16FN3O2. The van der Waals surface area contributed by atoms with E-state index in [-0.39, 0.29) is 30.1 Å². The van der Waals surface area contributed by atoms with Crippen molar-refractivity contribution in [3.05, 3.63) is 35.6 Å². The molecule has 1 aromatic carbocycles.